The van der Waals surface area contributed by atoms with E-state index < -0.39 is 0 Å². The van der Waals surface area contributed by atoms with Gasteiger partial charge in [0.05, 0.1) is 20.8 Å². The zero-order chi connectivity index (χ0) is 12.4. The zero-order valence-electron chi connectivity index (χ0n) is 11.1. The summed E-state index contributed by atoms with van der Waals surface area (Å²) >= 11 is 0. The van der Waals surface area contributed by atoms with Crippen molar-refractivity contribution in [3.8, 4) is 11.5 Å². The second-order valence-corrected chi connectivity index (χ2v) is 4.95. The topological polar surface area (TPSA) is 35.1 Å². The molecule has 2 N–H and O–H groups in total. The molecule has 1 aliphatic rings. The lowest BCUT2D eigenvalue weighted by Gasteiger charge is -2.27. The predicted molar refractivity (Wildman–Crippen MR) is 67.6 cm³/mol. The van der Waals surface area contributed by atoms with E-state index in [1.165, 1.54) is 11.1 Å². The molecule has 3 nitrogen and oxygen atoms in total. The Morgan fingerprint density at radius 1 is 1.18 bits per heavy atom. The quantitative estimate of drug-likeness (QED) is 0.863. The monoisotopic (exact) mass is 236 g/mol. The first-order valence-corrected chi connectivity index (χ1v) is 6.25. The lowest BCUT2D eigenvalue weighted by molar-refractivity contribution is -0.705. The molecule has 0 unspecified atom stereocenters. The number of nitrogens with two attached hydrogens (primary N) is 1. The number of fused-ring (bicyclic) bond motifs is 1. The van der Waals surface area contributed by atoms with Crippen LogP contribution in [0.4, 0.5) is 0 Å². The maximum atomic E-state index is 5.39. The summed E-state index contributed by atoms with van der Waals surface area (Å²) in [5.74, 6) is 2.31. The minimum Gasteiger partial charge on any atom is -0.493 e. The fourth-order valence-corrected chi connectivity index (χ4v) is 2.64. The molecule has 0 saturated carbocycles. The summed E-state index contributed by atoms with van der Waals surface area (Å²) in [4.78, 5) is 0. The fraction of sp³-hybridized carbons (Fsp3) is 0.571. The summed E-state index contributed by atoms with van der Waals surface area (Å²) in [6.07, 6.45) is 1.11. The van der Waals surface area contributed by atoms with Gasteiger partial charge in [-0.3, -0.25) is 0 Å². The summed E-state index contributed by atoms with van der Waals surface area (Å²) in [6.45, 7) is 5.70. The van der Waals surface area contributed by atoms with Crippen molar-refractivity contribution in [3.05, 3.63) is 23.3 Å². The van der Waals surface area contributed by atoms with Gasteiger partial charge in [0.2, 0.25) is 0 Å². The van der Waals surface area contributed by atoms with Gasteiger partial charge in [-0.1, -0.05) is 13.8 Å². The van der Waals surface area contributed by atoms with Crippen LogP contribution >= 0.6 is 0 Å². The maximum absolute atomic E-state index is 5.39. The molecule has 94 valence electrons. The van der Waals surface area contributed by atoms with Crippen LogP contribution in [0.25, 0.3) is 0 Å². The Morgan fingerprint density at radius 2 is 1.82 bits per heavy atom. The minimum absolute atomic E-state index is 0.540. The van der Waals surface area contributed by atoms with E-state index in [1.807, 2.05) is 0 Å². The number of methoxy groups -OCH3 is 2. The molecule has 1 aromatic carbocycles. The standard InChI is InChI=1S/C14H21NO2/c1-9(2)14-11-8-13(17-4)12(16-3)7-10(11)5-6-15-14/h7-9,14-15H,5-6H2,1-4H3/p+1/t14-/m0/s1. The van der Waals surface area contributed by atoms with Crippen molar-refractivity contribution in [1.82, 2.24) is 0 Å². The Balaban J connectivity index is 2.47. The van der Waals surface area contributed by atoms with E-state index in [9.17, 15) is 0 Å². The Bertz CT molecular complexity index is 401. The molecule has 1 aromatic rings. The number of quaternary nitrogens is 1. The maximum Gasteiger partial charge on any atom is 0.161 e. The molecule has 0 aliphatic carbocycles. The molecular weight excluding hydrogens is 214 g/mol. The van der Waals surface area contributed by atoms with Crippen LogP contribution in [0.1, 0.15) is 31.0 Å². The molecule has 0 bridgehead atoms. The van der Waals surface area contributed by atoms with Crippen molar-refractivity contribution in [1.29, 1.82) is 0 Å². The number of hydrogen-bond acceptors (Lipinski definition) is 2. The van der Waals surface area contributed by atoms with Crippen molar-refractivity contribution in [3.63, 3.8) is 0 Å². The Kier molecular flexibility index (Phi) is 3.57. The Labute approximate surface area is 103 Å². The van der Waals surface area contributed by atoms with E-state index in [2.05, 4.69) is 31.3 Å². The molecule has 0 fully saturated rings. The number of benzene rings is 1. The summed E-state index contributed by atoms with van der Waals surface area (Å²) in [5.41, 5.74) is 2.81. The van der Waals surface area contributed by atoms with Crippen molar-refractivity contribution in [2.45, 2.75) is 26.3 Å². The third-order valence-corrected chi connectivity index (χ3v) is 3.56. The molecule has 17 heavy (non-hydrogen) atoms. The molecule has 0 radical (unpaired) electrons. The molecule has 1 heterocycles. The highest BCUT2D eigenvalue weighted by molar-refractivity contribution is 5.48. The van der Waals surface area contributed by atoms with Gasteiger partial charge in [-0.15, -0.1) is 0 Å². The van der Waals surface area contributed by atoms with E-state index in [0.717, 1.165) is 24.5 Å². The summed E-state index contributed by atoms with van der Waals surface area (Å²) in [5, 5.41) is 2.43. The number of ether oxygens (including phenoxy) is 2. The lowest BCUT2D eigenvalue weighted by Crippen LogP contribution is -2.88. The average Bonchev–Trinajstić information content (AvgIpc) is 2.35. The predicted octanol–water partition coefficient (Wildman–Crippen LogP) is 1.52. The first kappa shape index (κ1) is 12.2. The minimum atomic E-state index is 0.540. The Hall–Kier alpha value is -1.22. The van der Waals surface area contributed by atoms with Crippen molar-refractivity contribution in [2.24, 2.45) is 5.92 Å². The second-order valence-electron chi connectivity index (χ2n) is 4.95. The average molecular weight is 236 g/mol. The molecule has 1 aliphatic heterocycles. The number of rotatable bonds is 3. The highest BCUT2D eigenvalue weighted by atomic mass is 16.5. The van der Waals surface area contributed by atoms with Gasteiger partial charge < -0.3 is 14.8 Å². The molecule has 2 rings (SSSR count). The van der Waals surface area contributed by atoms with Gasteiger partial charge in [0.1, 0.15) is 6.04 Å². The van der Waals surface area contributed by atoms with Crippen LogP contribution in [-0.4, -0.2) is 20.8 Å². The van der Waals surface area contributed by atoms with Crippen LogP contribution < -0.4 is 14.8 Å². The normalized spacial score (nSPS) is 19.0. The smallest absolute Gasteiger partial charge is 0.161 e. The third-order valence-electron chi connectivity index (χ3n) is 3.56. The van der Waals surface area contributed by atoms with Crippen LogP contribution in [0.5, 0.6) is 11.5 Å². The van der Waals surface area contributed by atoms with Gasteiger partial charge in [-0.25, -0.2) is 0 Å². The second kappa shape index (κ2) is 4.96. The molecule has 3 heteroatoms. The largest absolute Gasteiger partial charge is 0.493 e. The van der Waals surface area contributed by atoms with Gasteiger partial charge >= 0.3 is 0 Å². The first-order chi connectivity index (χ1) is 8.17. The third kappa shape index (κ3) is 2.25. The Morgan fingerprint density at radius 3 is 2.41 bits per heavy atom. The van der Waals surface area contributed by atoms with Crippen LogP contribution in [0.2, 0.25) is 0 Å². The van der Waals surface area contributed by atoms with Gasteiger partial charge in [0.25, 0.3) is 0 Å². The van der Waals surface area contributed by atoms with Crippen molar-refractivity contribution >= 4 is 0 Å². The molecular formula is C14H22NO2+. The molecule has 0 saturated heterocycles. The van der Waals surface area contributed by atoms with E-state index in [0.29, 0.717) is 12.0 Å². The van der Waals surface area contributed by atoms with E-state index >= 15 is 0 Å². The van der Waals surface area contributed by atoms with Crippen LogP contribution in [0.3, 0.4) is 0 Å². The SMILES string of the molecule is COc1cc2c(cc1OC)[C@H](C(C)C)[NH2+]CC2. The zero-order valence-corrected chi connectivity index (χ0v) is 11.1. The van der Waals surface area contributed by atoms with Gasteiger partial charge in [0, 0.05) is 17.9 Å². The van der Waals surface area contributed by atoms with Gasteiger partial charge in [-0.2, -0.15) is 0 Å². The van der Waals surface area contributed by atoms with Crippen LogP contribution in [-0.2, 0) is 6.42 Å². The van der Waals surface area contributed by atoms with E-state index in [4.69, 9.17) is 9.47 Å². The molecule has 0 amide bonds. The molecule has 0 aromatic heterocycles. The fourth-order valence-electron chi connectivity index (χ4n) is 2.64. The first-order valence-electron chi connectivity index (χ1n) is 6.25. The van der Waals surface area contributed by atoms with Gasteiger partial charge in [-0.05, 0) is 17.7 Å². The molecule has 0 spiro atoms. The van der Waals surface area contributed by atoms with E-state index in [-0.39, 0.29) is 0 Å². The summed E-state index contributed by atoms with van der Waals surface area (Å²) < 4.78 is 10.8. The lowest BCUT2D eigenvalue weighted by atomic mass is 9.87. The van der Waals surface area contributed by atoms with Crippen molar-refractivity contribution in [2.75, 3.05) is 20.8 Å². The molecule has 1 atom stereocenters. The summed E-state index contributed by atoms with van der Waals surface area (Å²) in [6, 6.07) is 4.82. The van der Waals surface area contributed by atoms with Crippen molar-refractivity contribution < 1.29 is 14.8 Å². The highest BCUT2D eigenvalue weighted by Gasteiger charge is 2.27. The van der Waals surface area contributed by atoms with Gasteiger partial charge in [0.15, 0.2) is 11.5 Å². The number of hydrogen-bond donors (Lipinski definition) is 1. The van der Waals surface area contributed by atoms with E-state index in [1.54, 1.807) is 14.2 Å². The van der Waals surface area contributed by atoms with Crippen LogP contribution in [0, 0.1) is 5.92 Å². The summed E-state index contributed by atoms with van der Waals surface area (Å²) in [7, 11) is 3.39. The highest BCUT2D eigenvalue weighted by Crippen LogP contribution is 2.35. The van der Waals surface area contributed by atoms with Crippen LogP contribution in [0.15, 0.2) is 12.1 Å².